The van der Waals surface area contributed by atoms with E-state index >= 15 is 0 Å². The molecule has 41 heavy (non-hydrogen) atoms. The maximum Gasteiger partial charge on any atom is 0.490 e. The number of aliphatic carboxylic acids is 2. The van der Waals surface area contributed by atoms with Gasteiger partial charge in [0.2, 0.25) is 5.13 Å². The second-order valence-corrected chi connectivity index (χ2v) is 9.23. The highest BCUT2D eigenvalue weighted by Gasteiger charge is 2.38. The minimum atomic E-state index is -5.08. The zero-order valence-corrected chi connectivity index (χ0v) is 22.5. The Labute approximate surface area is 233 Å². The van der Waals surface area contributed by atoms with Gasteiger partial charge in [-0.05, 0) is 31.2 Å². The Morgan fingerprint density at radius 2 is 1.54 bits per heavy atom. The van der Waals surface area contributed by atoms with E-state index in [0.717, 1.165) is 24.3 Å². The van der Waals surface area contributed by atoms with Crippen molar-refractivity contribution in [2.75, 3.05) is 18.8 Å². The van der Waals surface area contributed by atoms with E-state index in [1.807, 2.05) is 0 Å². The number of hydrogen-bond acceptors (Lipinski definition) is 8. The Hall–Kier alpha value is -4.16. The fourth-order valence-corrected chi connectivity index (χ4v) is 3.11. The van der Waals surface area contributed by atoms with Crippen LogP contribution in [0.1, 0.15) is 29.5 Å². The maximum absolute atomic E-state index is 11.9. The molecule has 1 aromatic heterocycles. The largest absolute Gasteiger partial charge is 0.490 e. The number of aliphatic imine (C=N–C) groups is 1. The molecule has 19 heteroatoms. The van der Waals surface area contributed by atoms with Crippen LogP contribution >= 0.6 is 11.3 Å². The fourth-order valence-electron chi connectivity index (χ4n) is 2.46. The number of benzene rings is 1. The average molecular weight is 618 g/mol. The number of hydrogen-bond donors (Lipinski definition) is 6. The number of aromatic nitrogens is 2. The van der Waals surface area contributed by atoms with E-state index in [-0.39, 0.29) is 12.0 Å². The van der Waals surface area contributed by atoms with Gasteiger partial charge in [0.1, 0.15) is 5.01 Å². The Bertz CT molecular complexity index is 1120. The molecule has 0 radical (unpaired) electrons. The van der Waals surface area contributed by atoms with Gasteiger partial charge in [-0.15, -0.1) is 10.2 Å². The summed E-state index contributed by atoms with van der Waals surface area (Å²) in [6.45, 7) is 5.22. The van der Waals surface area contributed by atoms with Crippen molar-refractivity contribution in [3.05, 3.63) is 40.4 Å². The molecule has 8 N–H and O–H groups in total. The van der Waals surface area contributed by atoms with E-state index < -0.39 is 24.3 Å². The Morgan fingerprint density at radius 1 is 1.02 bits per heavy atom. The second kappa shape index (κ2) is 17.5. The molecule has 12 nitrogen and oxygen atoms in total. The zero-order valence-electron chi connectivity index (χ0n) is 21.7. The SMILES string of the molecule is Cc1ccc(CC(C)CNC(=O)NC(N)=NCCCc2nnc(N)s2)cc1.O=C(O)C(F)(F)F.O=C(O)C(F)(F)F. The Kier molecular flexibility index (Phi) is 15.7. The number of carboxylic acid groups (broad SMARTS) is 2. The summed E-state index contributed by atoms with van der Waals surface area (Å²) < 4.78 is 63.5. The van der Waals surface area contributed by atoms with Crippen molar-refractivity contribution in [1.82, 2.24) is 20.8 Å². The molecular weight excluding hydrogens is 588 g/mol. The number of nitrogens with two attached hydrogens (primary N) is 2. The number of amides is 2. The molecule has 2 aromatic rings. The normalized spacial score (nSPS) is 12.1. The summed E-state index contributed by atoms with van der Waals surface area (Å²) in [4.78, 5) is 33.8. The molecule has 0 spiro atoms. The number of carbonyl (C=O) groups is 3. The third-order valence-electron chi connectivity index (χ3n) is 4.36. The minimum Gasteiger partial charge on any atom is -0.475 e. The number of alkyl halides is 6. The standard InChI is InChI=1S/C18H27N7OS.2C2HF3O2/c1-12-5-7-14(8-6-12)10-13(2)11-22-18(26)23-16(19)21-9-3-4-15-24-25-17(20)27-15;2*3-2(4,5)1(6)7/h5-8,13H,3-4,9-11H2,1-2H3,(H2,20,25)(H4,19,21,22,23,26);2*(H,6,7). The van der Waals surface area contributed by atoms with Gasteiger partial charge in [0.25, 0.3) is 0 Å². The number of rotatable bonds is 8. The van der Waals surface area contributed by atoms with Gasteiger partial charge in [0, 0.05) is 19.5 Å². The lowest BCUT2D eigenvalue weighted by atomic mass is 10.0. The Balaban J connectivity index is 0.000000941. The smallest absolute Gasteiger partial charge is 0.475 e. The van der Waals surface area contributed by atoms with Crippen molar-refractivity contribution in [3.8, 4) is 0 Å². The lowest BCUT2D eigenvalue weighted by Gasteiger charge is -2.13. The molecule has 2 amide bonds. The van der Waals surface area contributed by atoms with E-state index in [0.29, 0.717) is 24.1 Å². The lowest BCUT2D eigenvalue weighted by Crippen LogP contribution is -2.44. The first-order chi connectivity index (χ1) is 18.8. The van der Waals surface area contributed by atoms with Crippen LogP contribution in [0, 0.1) is 12.8 Å². The molecule has 0 fully saturated rings. The number of nitrogen functional groups attached to an aromatic ring is 1. The average Bonchev–Trinajstić information content (AvgIpc) is 3.26. The van der Waals surface area contributed by atoms with Crippen LogP contribution in [-0.2, 0) is 22.4 Å². The van der Waals surface area contributed by atoms with Crippen molar-refractivity contribution < 1.29 is 50.9 Å². The molecule has 230 valence electrons. The second-order valence-electron chi connectivity index (χ2n) is 8.14. The van der Waals surface area contributed by atoms with Crippen LogP contribution in [0.3, 0.4) is 0 Å². The summed E-state index contributed by atoms with van der Waals surface area (Å²) in [7, 11) is 0. The van der Waals surface area contributed by atoms with Gasteiger partial charge in [0.05, 0.1) is 0 Å². The van der Waals surface area contributed by atoms with Gasteiger partial charge in [-0.25, -0.2) is 14.4 Å². The first-order valence-electron chi connectivity index (χ1n) is 11.4. The van der Waals surface area contributed by atoms with Crippen LogP contribution in [0.25, 0.3) is 0 Å². The number of urea groups is 1. The summed E-state index contributed by atoms with van der Waals surface area (Å²) in [6, 6.07) is 8.08. The van der Waals surface area contributed by atoms with Crippen molar-refractivity contribution in [3.63, 3.8) is 0 Å². The third kappa shape index (κ3) is 18.7. The van der Waals surface area contributed by atoms with Crippen LogP contribution in [0.4, 0.5) is 36.3 Å². The number of guanidine groups is 1. The molecule has 0 bridgehead atoms. The van der Waals surface area contributed by atoms with Gasteiger partial charge < -0.3 is 27.0 Å². The number of nitrogens with zero attached hydrogens (tertiary/aromatic N) is 3. The third-order valence-corrected chi connectivity index (χ3v) is 5.17. The van der Waals surface area contributed by atoms with Crippen molar-refractivity contribution >= 4 is 40.4 Å². The van der Waals surface area contributed by atoms with E-state index in [2.05, 4.69) is 63.9 Å². The van der Waals surface area contributed by atoms with Gasteiger partial charge in [-0.1, -0.05) is 48.1 Å². The molecule has 1 aromatic carbocycles. The maximum atomic E-state index is 11.9. The first-order valence-corrected chi connectivity index (χ1v) is 12.2. The highest BCUT2D eigenvalue weighted by molar-refractivity contribution is 7.15. The summed E-state index contributed by atoms with van der Waals surface area (Å²) in [6.07, 6.45) is -7.78. The van der Waals surface area contributed by atoms with Gasteiger partial charge in [0.15, 0.2) is 5.96 Å². The summed E-state index contributed by atoms with van der Waals surface area (Å²) in [5.41, 5.74) is 13.8. The molecule has 1 heterocycles. The van der Waals surface area contributed by atoms with Crippen LogP contribution in [0.15, 0.2) is 29.3 Å². The summed E-state index contributed by atoms with van der Waals surface area (Å²) in [5, 5.41) is 28.6. The number of carboxylic acids is 2. The monoisotopic (exact) mass is 617 g/mol. The Morgan fingerprint density at radius 3 is 1.98 bits per heavy atom. The molecule has 0 aliphatic rings. The highest BCUT2D eigenvalue weighted by Crippen LogP contribution is 2.14. The van der Waals surface area contributed by atoms with Crippen LogP contribution in [0.5, 0.6) is 0 Å². The van der Waals surface area contributed by atoms with Crippen LogP contribution in [-0.4, -0.2) is 69.8 Å². The minimum absolute atomic E-state index is 0.107. The number of aryl methyl sites for hydroxylation is 2. The highest BCUT2D eigenvalue weighted by atomic mass is 32.1. The van der Waals surface area contributed by atoms with Crippen molar-refractivity contribution in [1.29, 1.82) is 0 Å². The number of halogens is 6. The van der Waals surface area contributed by atoms with E-state index in [4.69, 9.17) is 31.3 Å². The fraction of sp³-hybridized carbons (Fsp3) is 0.455. The summed E-state index contributed by atoms with van der Waals surface area (Å²) in [5.74, 6) is -5.09. The quantitative estimate of drug-likeness (QED) is 0.111. The zero-order chi connectivity index (χ0) is 31.8. The topological polar surface area (TPSA) is 206 Å². The predicted octanol–water partition coefficient (Wildman–Crippen LogP) is 3.12. The number of carbonyl (C=O) groups excluding carboxylic acids is 1. The summed E-state index contributed by atoms with van der Waals surface area (Å²) >= 11 is 1.36. The lowest BCUT2D eigenvalue weighted by molar-refractivity contribution is -0.193. The molecule has 1 unspecified atom stereocenters. The van der Waals surface area contributed by atoms with E-state index in [9.17, 15) is 31.1 Å². The number of nitrogens with one attached hydrogen (secondary N) is 2. The molecule has 2 rings (SSSR count). The molecule has 0 aliphatic carbocycles. The molecule has 0 saturated heterocycles. The van der Waals surface area contributed by atoms with E-state index in [1.165, 1.54) is 22.5 Å². The van der Waals surface area contributed by atoms with Crippen LogP contribution in [0.2, 0.25) is 0 Å². The predicted molar refractivity (Wildman–Crippen MR) is 137 cm³/mol. The van der Waals surface area contributed by atoms with E-state index in [1.54, 1.807) is 0 Å². The van der Waals surface area contributed by atoms with Gasteiger partial charge in [-0.2, -0.15) is 26.3 Å². The van der Waals surface area contributed by atoms with Crippen molar-refractivity contribution in [2.45, 2.75) is 45.5 Å². The molecule has 0 saturated carbocycles. The first kappa shape index (κ1) is 36.8. The van der Waals surface area contributed by atoms with Crippen molar-refractivity contribution in [2.24, 2.45) is 16.6 Å². The molecule has 1 atom stereocenters. The molecule has 0 aliphatic heterocycles. The van der Waals surface area contributed by atoms with Crippen LogP contribution < -0.4 is 22.1 Å². The van der Waals surface area contributed by atoms with Gasteiger partial charge >= 0.3 is 30.3 Å². The molecular formula is C22H29F6N7O5S. The number of anilines is 1. The van der Waals surface area contributed by atoms with Gasteiger partial charge in [-0.3, -0.25) is 10.3 Å².